The van der Waals surface area contributed by atoms with Crippen molar-refractivity contribution >= 4 is 5.97 Å². The number of hydrogen-bond donors (Lipinski definition) is 0. The van der Waals surface area contributed by atoms with E-state index in [2.05, 4.69) is 25.0 Å². The fourth-order valence-electron chi connectivity index (χ4n) is 3.89. The lowest BCUT2D eigenvalue weighted by Gasteiger charge is -2.56. The minimum atomic E-state index is -0.458. The fourth-order valence-corrected chi connectivity index (χ4v) is 3.89. The highest BCUT2D eigenvalue weighted by atomic mass is 16.5. The second-order valence-corrected chi connectivity index (χ2v) is 7.53. The molecule has 0 saturated heterocycles. The van der Waals surface area contributed by atoms with Crippen molar-refractivity contribution in [2.24, 2.45) is 17.3 Å². The predicted octanol–water partition coefficient (Wildman–Crippen LogP) is 3.19. The third-order valence-corrected chi connectivity index (χ3v) is 5.75. The predicted molar refractivity (Wildman–Crippen MR) is 91.8 cm³/mol. The second-order valence-electron chi connectivity index (χ2n) is 7.53. The number of aryl methyl sites for hydroxylation is 1. The van der Waals surface area contributed by atoms with Crippen LogP contribution in [0.25, 0.3) is 0 Å². The van der Waals surface area contributed by atoms with Crippen LogP contribution in [0.2, 0.25) is 0 Å². The van der Waals surface area contributed by atoms with E-state index < -0.39 is 5.97 Å². The summed E-state index contributed by atoms with van der Waals surface area (Å²) in [5.41, 5.74) is 1.57. The molecule has 2 atom stereocenters. The number of unbranched alkanes of at least 4 members (excludes halogenated alkanes) is 1. The summed E-state index contributed by atoms with van der Waals surface area (Å²) in [5, 5.41) is 4.14. The molecule has 1 fully saturated rings. The normalized spacial score (nSPS) is 24.0. The van der Waals surface area contributed by atoms with E-state index in [0.717, 1.165) is 25.2 Å². The van der Waals surface area contributed by atoms with E-state index in [0.29, 0.717) is 24.5 Å². The highest BCUT2D eigenvalue weighted by molar-refractivity contribution is 5.87. The van der Waals surface area contributed by atoms with Crippen molar-refractivity contribution in [3.63, 3.8) is 0 Å². The van der Waals surface area contributed by atoms with Gasteiger partial charge in [0.2, 0.25) is 0 Å². The Hall–Kier alpha value is -1.91. The minimum Gasteiger partial charge on any atom is -0.456 e. The first-order valence-electron chi connectivity index (χ1n) is 8.87. The van der Waals surface area contributed by atoms with Crippen molar-refractivity contribution in [1.29, 1.82) is 0 Å². The smallest absolute Gasteiger partial charge is 0.359 e. The van der Waals surface area contributed by atoms with Crippen molar-refractivity contribution in [3.05, 3.63) is 39.8 Å². The summed E-state index contributed by atoms with van der Waals surface area (Å²) in [4.78, 5) is 24.0. The molecule has 1 heterocycles. The van der Waals surface area contributed by atoms with Gasteiger partial charge in [-0.1, -0.05) is 33.3 Å². The number of rotatable bonds is 6. The van der Waals surface area contributed by atoms with Gasteiger partial charge >= 0.3 is 5.97 Å². The lowest BCUT2D eigenvalue weighted by Crippen LogP contribution is -2.48. The third-order valence-electron chi connectivity index (χ3n) is 5.75. The Morgan fingerprint density at radius 3 is 2.88 bits per heavy atom. The molecule has 3 aliphatic rings. The quantitative estimate of drug-likeness (QED) is 0.593. The van der Waals surface area contributed by atoms with E-state index in [-0.39, 0.29) is 11.3 Å². The van der Waals surface area contributed by atoms with Gasteiger partial charge in [0, 0.05) is 12.6 Å². The van der Waals surface area contributed by atoms with E-state index >= 15 is 0 Å². The maximum atomic E-state index is 12.3. The van der Waals surface area contributed by atoms with Gasteiger partial charge in [-0.25, -0.2) is 9.48 Å². The zero-order valence-corrected chi connectivity index (χ0v) is 14.7. The molecule has 24 heavy (non-hydrogen) atoms. The summed E-state index contributed by atoms with van der Waals surface area (Å²) in [6, 6.07) is 2.84. The van der Waals surface area contributed by atoms with Crippen molar-refractivity contribution in [2.45, 2.75) is 53.0 Å². The van der Waals surface area contributed by atoms with Crippen molar-refractivity contribution in [2.75, 3.05) is 6.61 Å². The molecule has 1 saturated carbocycles. The minimum absolute atomic E-state index is 0.183. The number of allylic oxidation sites excluding steroid dienone is 1. The van der Waals surface area contributed by atoms with Crippen LogP contribution in [0, 0.1) is 17.3 Å². The van der Waals surface area contributed by atoms with Crippen LogP contribution in [0.4, 0.5) is 0 Å². The van der Waals surface area contributed by atoms with Crippen LogP contribution in [0.15, 0.2) is 28.6 Å². The summed E-state index contributed by atoms with van der Waals surface area (Å²) in [6.07, 6.45) is 6.34. The molecule has 0 radical (unpaired) electrons. The number of esters is 1. The fraction of sp³-hybridized carbons (Fsp3) is 0.632. The van der Waals surface area contributed by atoms with Gasteiger partial charge in [0.1, 0.15) is 6.61 Å². The summed E-state index contributed by atoms with van der Waals surface area (Å²) in [7, 11) is 0. The van der Waals surface area contributed by atoms with Crippen LogP contribution in [0.3, 0.4) is 0 Å². The molecule has 5 nitrogen and oxygen atoms in total. The van der Waals surface area contributed by atoms with Gasteiger partial charge in [-0.3, -0.25) is 4.79 Å². The molecule has 0 amide bonds. The standard InChI is InChI=1S/C19H26N2O3/c1-4-5-10-21-17(22)9-8-16(20-21)18(23)24-12-13-6-7-14-11-15(13)19(14,2)3/h6,8-9,14-15H,4-5,7,10-12H2,1-3H3/t14-,15-/m1/s1. The van der Waals surface area contributed by atoms with E-state index in [4.69, 9.17) is 4.74 Å². The van der Waals surface area contributed by atoms with E-state index in [9.17, 15) is 9.59 Å². The van der Waals surface area contributed by atoms with Gasteiger partial charge in [0.25, 0.3) is 5.56 Å². The Morgan fingerprint density at radius 1 is 1.42 bits per heavy atom. The molecule has 0 unspecified atom stereocenters. The van der Waals surface area contributed by atoms with Crippen LogP contribution in [-0.4, -0.2) is 22.4 Å². The van der Waals surface area contributed by atoms with Gasteiger partial charge in [0.05, 0.1) is 0 Å². The molecule has 2 bridgehead atoms. The number of fused-ring (bicyclic) bond motifs is 1. The van der Waals surface area contributed by atoms with Gasteiger partial charge in [-0.15, -0.1) is 0 Å². The molecule has 5 heteroatoms. The molecule has 1 aromatic rings. The first kappa shape index (κ1) is 16.9. The van der Waals surface area contributed by atoms with Crippen molar-refractivity contribution < 1.29 is 9.53 Å². The molecular formula is C19H26N2O3. The van der Waals surface area contributed by atoms with E-state index in [1.165, 1.54) is 28.8 Å². The molecule has 4 rings (SSSR count). The number of carbonyl (C=O) groups is 1. The Balaban J connectivity index is 1.63. The number of aromatic nitrogens is 2. The summed E-state index contributed by atoms with van der Waals surface area (Å²) in [6.45, 7) is 7.50. The lowest BCUT2D eigenvalue weighted by molar-refractivity contribution is -0.0156. The van der Waals surface area contributed by atoms with Crippen LogP contribution in [0.1, 0.15) is 56.9 Å². The topological polar surface area (TPSA) is 61.2 Å². The van der Waals surface area contributed by atoms with Crippen molar-refractivity contribution in [1.82, 2.24) is 9.78 Å². The van der Waals surface area contributed by atoms with Gasteiger partial charge in [-0.05, 0) is 48.2 Å². The van der Waals surface area contributed by atoms with E-state index in [1.54, 1.807) is 0 Å². The third kappa shape index (κ3) is 3.04. The lowest BCUT2D eigenvalue weighted by atomic mass is 9.49. The zero-order valence-electron chi connectivity index (χ0n) is 14.7. The Kier molecular flexibility index (Phi) is 4.61. The SMILES string of the molecule is CCCCn1nc(C(=O)OCC2=CC[C@@H]3C[C@H]2C3(C)C)ccc1=O. The van der Waals surface area contributed by atoms with Gasteiger partial charge in [0.15, 0.2) is 5.69 Å². The molecule has 0 N–H and O–H groups in total. The average Bonchev–Trinajstić information content (AvgIpc) is 2.58. The maximum absolute atomic E-state index is 12.3. The average molecular weight is 330 g/mol. The van der Waals surface area contributed by atoms with Gasteiger partial charge < -0.3 is 4.74 Å². The largest absolute Gasteiger partial charge is 0.456 e. The number of ether oxygens (including phenoxy) is 1. The van der Waals surface area contributed by atoms with Crippen LogP contribution >= 0.6 is 0 Å². The summed E-state index contributed by atoms with van der Waals surface area (Å²) >= 11 is 0. The van der Waals surface area contributed by atoms with Crippen molar-refractivity contribution in [3.8, 4) is 0 Å². The van der Waals surface area contributed by atoms with Crippen LogP contribution in [0.5, 0.6) is 0 Å². The number of carbonyl (C=O) groups excluding carboxylic acids is 1. The van der Waals surface area contributed by atoms with Crippen LogP contribution < -0.4 is 5.56 Å². The molecule has 3 aliphatic carbocycles. The Morgan fingerprint density at radius 2 is 2.21 bits per heavy atom. The summed E-state index contributed by atoms with van der Waals surface area (Å²) in [5.74, 6) is 0.835. The van der Waals surface area contributed by atoms with E-state index in [1.807, 2.05) is 6.92 Å². The molecular weight excluding hydrogens is 304 g/mol. The molecule has 0 spiro atoms. The number of hydrogen-bond acceptors (Lipinski definition) is 4. The monoisotopic (exact) mass is 330 g/mol. The molecule has 130 valence electrons. The highest BCUT2D eigenvalue weighted by Crippen LogP contribution is 2.59. The highest BCUT2D eigenvalue weighted by Gasteiger charge is 2.51. The first-order valence-corrected chi connectivity index (χ1v) is 8.87. The number of nitrogens with zero attached hydrogens (tertiary/aromatic N) is 2. The van der Waals surface area contributed by atoms with Crippen LogP contribution in [-0.2, 0) is 11.3 Å². The molecule has 0 aromatic carbocycles. The maximum Gasteiger partial charge on any atom is 0.359 e. The Bertz CT molecular complexity index is 718. The first-order chi connectivity index (χ1) is 11.4. The second kappa shape index (κ2) is 6.54. The molecule has 1 aromatic heterocycles. The van der Waals surface area contributed by atoms with Gasteiger partial charge in [-0.2, -0.15) is 5.10 Å². The molecule has 0 aliphatic heterocycles. The summed E-state index contributed by atoms with van der Waals surface area (Å²) < 4.78 is 6.82. The zero-order chi connectivity index (χ0) is 17.3. The Labute approximate surface area is 142 Å².